The zero-order valence-electron chi connectivity index (χ0n) is 35.3. The highest BCUT2D eigenvalue weighted by atomic mass is 35.5. The lowest BCUT2D eigenvalue weighted by Crippen LogP contribution is -2.49. The van der Waals surface area contributed by atoms with E-state index in [0.29, 0.717) is 22.9 Å². The van der Waals surface area contributed by atoms with E-state index >= 15 is 0 Å². The van der Waals surface area contributed by atoms with Crippen LogP contribution < -0.4 is 11.1 Å². The van der Waals surface area contributed by atoms with Gasteiger partial charge in [0, 0.05) is 10.0 Å². The van der Waals surface area contributed by atoms with Crippen molar-refractivity contribution >= 4 is 53.5 Å². The molecule has 0 unspecified atom stereocenters. The van der Waals surface area contributed by atoms with Crippen molar-refractivity contribution in [2.45, 2.75) is 77.5 Å². The van der Waals surface area contributed by atoms with Gasteiger partial charge in [0.25, 0.3) is 0 Å². The normalized spacial score (nSPS) is 12.3. The largest absolute Gasteiger partial charge is 0.460 e. The lowest BCUT2D eigenvalue weighted by Gasteiger charge is -2.25. The molecule has 0 spiro atoms. The number of ether oxygens (including phenoxy) is 3. The number of halogens is 3. The molecule has 0 aliphatic rings. The maximum absolute atomic E-state index is 13.0. The molecule has 0 radical (unpaired) electrons. The van der Waals surface area contributed by atoms with Crippen molar-refractivity contribution < 1.29 is 28.6 Å². The van der Waals surface area contributed by atoms with Crippen LogP contribution >= 0.6 is 35.6 Å². The predicted octanol–water partition coefficient (Wildman–Crippen LogP) is 11.0. The Hall–Kier alpha value is -5.48. The second-order valence-corrected chi connectivity index (χ2v) is 16.5. The first-order chi connectivity index (χ1) is 29.2. The topological polar surface area (TPSA) is 117 Å². The molecular weight excluding hydrogens is 843 g/mol. The Morgan fingerprint density at radius 1 is 0.548 bits per heavy atom. The van der Waals surface area contributed by atoms with Crippen LogP contribution in [0, 0.1) is 0 Å². The third-order valence-corrected chi connectivity index (χ3v) is 9.84. The highest BCUT2D eigenvalue weighted by Gasteiger charge is 2.28. The van der Waals surface area contributed by atoms with Crippen molar-refractivity contribution in [2.24, 2.45) is 5.73 Å². The third kappa shape index (κ3) is 16.4. The summed E-state index contributed by atoms with van der Waals surface area (Å²) >= 11 is 12.2. The lowest BCUT2D eigenvalue weighted by atomic mass is 10.00. The minimum Gasteiger partial charge on any atom is -0.460 e. The molecule has 0 saturated carbocycles. The summed E-state index contributed by atoms with van der Waals surface area (Å²) in [6, 6.07) is 48.2. The molecule has 6 aromatic rings. The molecule has 11 heteroatoms. The van der Waals surface area contributed by atoms with E-state index in [-0.39, 0.29) is 25.6 Å². The van der Waals surface area contributed by atoms with E-state index in [1.54, 1.807) is 6.92 Å². The van der Waals surface area contributed by atoms with Gasteiger partial charge in [-0.15, -0.1) is 12.4 Å². The second-order valence-electron chi connectivity index (χ2n) is 15.6. The first-order valence-electron chi connectivity index (χ1n) is 20.1. The van der Waals surface area contributed by atoms with Gasteiger partial charge in [-0.25, -0.2) is 0 Å². The molecule has 3 atom stereocenters. The van der Waals surface area contributed by atoms with Gasteiger partial charge in [0.2, 0.25) is 0 Å². The van der Waals surface area contributed by atoms with E-state index in [9.17, 15) is 14.4 Å². The molecule has 6 aromatic carbocycles. The molecule has 8 nitrogen and oxygen atoms in total. The molecule has 62 heavy (non-hydrogen) atoms. The molecule has 0 aliphatic heterocycles. The third-order valence-electron chi connectivity index (χ3n) is 9.37. The van der Waals surface area contributed by atoms with Crippen molar-refractivity contribution in [1.29, 1.82) is 0 Å². The highest BCUT2D eigenvalue weighted by Crippen LogP contribution is 2.25. The summed E-state index contributed by atoms with van der Waals surface area (Å²) in [4.78, 5) is 37.7. The summed E-state index contributed by atoms with van der Waals surface area (Å²) in [5.41, 5.74) is 13.3. The minimum absolute atomic E-state index is 0. The monoisotopic (exact) mass is 894 g/mol. The number of carbonyl (C=O) groups is 3. The van der Waals surface area contributed by atoms with E-state index in [2.05, 4.69) is 5.32 Å². The van der Waals surface area contributed by atoms with Gasteiger partial charge in [-0.2, -0.15) is 0 Å². The molecule has 6 rings (SSSR count). The SMILES string of the molecule is C[C@H](N[C@@H](Cc1ccc(-c2cccc(Cl)c2)cc1)C(=O)OCc1ccccc1)C(=O)OC(C)(C)C.Cl.N[C@@H](Cc1ccc(-c2cccc(Cl)c2)cc1)C(=O)OCc1ccccc1. The summed E-state index contributed by atoms with van der Waals surface area (Å²) in [5.74, 6) is -1.24. The quantitative estimate of drug-likeness (QED) is 0.0773. The summed E-state index contributed by atoms with van der Waals surface area (Å²) in [6.45, 7) is 7.52. The van der Waals surface area contributed by atoms with Crippen LogP contribution in [0.4, 0.5) is 0 Å². The van der Waals surface area contributed by atoms with Gasteiger partial charge in [-0.05, 0) is 109 Å². The lowest BCUT2D eigenvalue weighted by molar-refractivity contribution is -0.158. The van der Waals surface area contributed by atoms with Gasteiger partial charge in [0.05, 0.1) is 0 Å². The standard InChI is InChI=1S/C29H32ClNO4.C22H20ClNO2.ClH/c1-20(27(32)35-29(2,3)4)31-26(28(33)34-19-22-9-6-5-7-10-22)17-21-13-15-23(16-14-21)24-11-8-12-25(30)18-24;23-20-8-4-7-19(14-20)18-11-9-16(10-12-18)13-21(24)22(25)26-15-17-5-2-1-3-6-17;/h5-16,18,20,26,31H,17,19H2,1-4H3;1-12,14,21H,13,15,24H2;1H/t20-,26-;21-;/m00./s1. The van der Waals surface area contributed by atoms with Gasteiger partial charge in [0.1, 0.15) is 36.9 Å². The molecule has 3 N–H and O–H groups in total. The molecule has 0 amide bonds. The highest BCUT2D eigenvalue weighted by molar-refractivity contribution is 6.31. The van der Waals surface area contributed by atoms with Crippen molar-refractivity contribution in [3.63, 3.8) is 0 Å². The van der Waals surface area contributed by atoms with E-state index in [1.807, 2.05) is 178 Å². The minimum atomic E-state index is -0.724. The molecule has 0 aromatic heterocycles. The number of nitrogens with one attached hydrogen (secondary N) is 1. The van der Waals surface area contributed by atoms with Gasteiger partial charge < -0.3 is 19.9 Å². The zero-order valence-corrected chi connectivity index (χ0v) is 37.6. The Kier molecular flexibility index (Phi) is 19.2. The first kappa shape index (κ1) is 49.2. The fraction of sp³-hybridized carbons (Fsp3) is 0.235. The van der Waals surface area contributed by atoms with E-state index in [4.69, 9.17) is 43.1 Å². The number of carbonyl (C=O) groups excluding carboxylic acids is 3. The number of hydrogen-bond acceptors (Lipinski definition) is 8. The fourth-order valence-electron chi connectivity index (χ4n) is 6.21. The van der Waals surface area contributed by atoms with Crippen LogP contribution in [0.15, 0.2) is 158 Å². The van der Waals surface area contributed by atoms with E-state index in [0.717, 1.165) is 44.5 Å². The number of rotatable bonds is 15. The molecule has 0 fully saturated rings. The maximum atomic E-state index is 13.0. The summed E-state index contributed by atoms with van der Waals surface area (Å²) in [6.07, 6.45) is 0.792. The van der Waals surface area contributed by atoms with Crippen molar-refractivity contribution in [2.75, 3.05) is 0 Å². The van der Waals surface area contributed by atoms with Crippen LogP contribution in [0.3, 0.4) is 0 Å². The number of nitrogens with two attached hydrogens (primary N) is 1. The maximum Gasteiger partial charge on any atom is 0.323 e. The van der Waals surface area contributed by atoms with Crippen molar-refractivity contribution in [1.82, 2.24) is 5.32 Å². The first-order valence-corrected chi connectivity index (χ1v) is 20.8. The Morgan fingerprint density at radius 3 is 1.42 bits per heavy atom. The summed E-state index contributed by atoms with van der Waals surface area (Å²) in [7, 11) is 0. The zero-order chi connectivity index (χ0) is 43.8. The van der Waals surface area contributed by atoms with Gasteiger partial charge in [-0.1, -0.05) is 157 Å². The molecule has 324 valence electrons. The van der Waals surface area contributed by atoms with Crippen LogP contribution in [-0.2, 0) is 54.6 Å². The van der Waals surface area contributed by atoms with Gasteiger partial charge >= 0.3 is 17.9 Å². The Labute approximate surface area is 381 Å². The second kappa shape index (κ2) is 24.2. The molecular formula is C51H53Cl3N2O6. The average Bonchev–Trinajstić information content (AvgIpc) is 3.25. The Morgan fingerprint density at radius 2 is 0.984 bits per heavy atom. The fourth-order valence-corrected chi connectivity index (χ4v) is 6.59. The molecule has 0 aliphatic carbocycles. The predicted molar refractivity (Wildman–Crippen MR) is 251 cm³/mol. The number of benzene rings is 6. The Balaban J connectivity index is 0.000000279. The van der Waals surface area contributed by atoms with Gasteiger partial charge in [0.15, 0.2) is 0 Å². The van der Waals surface area contributed by atoms with Crippen molar-refractivity contribution in [3.05, 3.63) is 190 Å². The van der Waals surface area contributed by atoms with Crippen LogP contribution in [-0.4, -0.2) is 41.6 Å². The smallest absolute Gasteiger partial charge is 0.323 e. The summed E-state index contributed by atoms with van der Waals surface area (Å²) < 4.78 is 16.3. The Bertz CT molecular complexity index is 2320. The van der Waals surface area contributed by atoms with E-state index < -0.39 is 41.6 Å². The molecule has 0 bridgehead atoms. The van der Waals surface area contributed by atoms with Crippen LogP contribution in [0.25, 0.3) is 22.3 Å². The van der Waals surface area contributed by atoms with Crippen LogP contribution in [0.1, 0.15) is 49.9 Å². The van der Waals surface area contributed by atoms with Crippen LogP contribution in [0.5, 0.6) is 0 Å². The summed E-state index contributed by atoms with van der Waals surface area (Å²) in [5, 5.41) is 4.49. The van der Waals surface area contributed by atoms with Crippen molar-refractivity contribution in [3.8, 4) is 22.3 Å². The number of hydrogen-bond donors (Lipinski definition) is 2. The van der Waals surface area contributed by atoms with E-state index in [1.165, 1.54) is 0 Å². The molecule has 0 heterocycles. The average molecular weight is 896 g/mol. The van der Waals surface area contributed by atoms with Gasteiger partial charge in [-0.3, -0.25) is 19.7 Å². The molecule has 0 saturated heterocycles. The van der Waals surface area contributed by atoms with Crippen LogP contribution in [0.2, 0.25) is 10.0 Å². The number of esters is 3.